The summed E-state index contributed by atoms with van der Waals surface area (Å²) in [6, 6.07) is 7.97. The van der Waals surface area contributed by atoms with E-state index in [1.807, 2.05) is 43.1 Å². The average molecular weight is 292 g/mol. The second-order valence-corrected chi connectivity index (χ2v) is 4.89. The summed E-state index contributed by atoms with van der Waals surface area (Å²) in [6.07, 6.45) is 1.79. The van der Waals surface area contributed by atoms with Crippen molar-refractivity contribution < 1.29 is 4.74 Å². The van der Waals surface area contributed by atoms with Crippen LogP contribution in [0.25, 0.3) is 0 Å². The van der Waals surface area contributed by atoms with Gasteiger partial charge in [-0.25, -0.2) is 9.97 Å². The van der Waals surface area contributed by atoms with Gasteiger partial charge in [-0.2, -0.15) is 0 Å². The lowest BCUT2D eigenvalue weighted by atomic mass is 10.2. The minimum absolute atomic E-state index is 0.439. The van der Waals surface area contributed by atoms with E-state index in [0.717, 1.165) is 23.6 Å². The molecule has 0 radical (unpaired) electrons. The third-order valence-corrected chi connectivity index (χ3v) is 3.42. The van der Waals surface area contributed by atoms with E-state index in [4.69, 9.17) is 16.3 Å². The van der Waals surface area contributed by atoms with Crippen LogP contribution in [-0.4, -0.2) is 24.1 Å². The Bertz CT molecular complexity index is 572. The molecule has 0 atom stereocenters. The molecule has 0 aliphatic carbocycles. The third kappa shape index (κ3) is 3.39. The lowest BCUT2D eigenvalue weighted by Gasteiger charge is -2.18. The maximum absolute atomic E-state index is 5.82. The Hall–Kier alpha value is -1.81. The van der Waals surface area contributed by atoms with Gasteiger partial charge in [0.25, 0.3) is 0 Å². The zero-order chi connectivity index (χ0) is 14.5. The maximum atomic E-state index is 5.82. The fourth-order valence-corrected chi connectivity index (χ4v) is 2.13. The molecule has 0 aliphatic rings. The number of nitrogens with zero attached hydrogens (tertiary/aromatic N) is 3. The van der Waals surface area contributed by atoms with Gasteiger partial charge < -0.3 is 9.64 Å². The molecule has 0 spiro atoms. The minimum atomic E-state index is 0.439. The smallest absolute Gasteiger partial charge is 0.225 e. The van der Waals surface area contributed by atoms with Gasteiger partial charge >= 0.3 is 0 Å². The van der Waals surface area contributed by atoms with Crippen molar-refractivity contribution in [3.05, 3.63) is 47.3 Å². The fourth-order valence-electron chi connectivity index (χ4n) is 1.87. The number of aromatic nitrogens is 2. The van der Waals surface area contributed by atoms with Crippen LogP contribution in [0.2, 0.25) is 0 Å². The Labute approximate surface area is 124 Å². The predicted octanol–water partition coefficient (Wildman–Crippen LogP) is 3.17. The molecule has 2 aromatic rings. The highest BCUT2D eigenvalue weighted by molar-refractivity contribution is 6.17. The van der Waals surface area contributed by atoms with E-state index in [1.54, 1.807) is 13.3 Å². The molecule has 1 aromatic carbocycles. The van der Waals surface area contributed by atoms with Gasteiger partial charge in [0.15, 0.2) is 0 Å². The lowest BCUT2D eigenvalue weighted by Crippen LogP contribution is -2.19. The van der Waals surface area contributed by atoms with Crippen LogP contribution in [0.3, 0.4) is 0 Å². The molecule has 0 saturated carbocycles. The van der Waals surface area contributed by atoms with Crippen LogP contribution in [0.5, 0.6) is 5.75 Å². The number of rotatable bonds is 5. The number of benzene rings is 1. The molecule has 0 saturated heterocycles. The molecule has 0 fully saturated rings. The van der Waals surface area contributed by atoms with Gasteiger partial charge in [-0.15, -0.1) is 11.6 Å². The van der Waals surface area contributed by atoms with E-state index in [1.165, 1.54) is 5.56 Å². The summed E-state index contributed by atoms with van der Waals surface area (Å²) in [7, 11) is 3.63. The molecule has 1 aromatic heterocycles. The van der Waals surface area contributed by atoms with Gasteiger partial charge in [0.2, 0.25) is 5.95 Å². The highest BCUT2D eigenvalue weighted by Gasteiger charge is 2.08. The number of halogens is 1. The van der Waals surface area contributed by atoms with Crippen molar-refractivity contribution in [2.45, 2.75) is 19.3 Å². The summed E-state index contributed by atoms with van der Waals surface area (Å²) in [5.41, 5.74) is 3.07. The fraction of sp³-hybridized carbons (Fsp3) is 0.333. The Balaban J connectivity index is 2.10. The molecule has 1 heterocycles. The van der Waals surface area contributed by atoms with E-state index >= 15 is 0 Å². The highest BCUT2D eigenvalue weighted by Crippen LogP contribution is 2.16. The summed E-state index contributed by atoms with van der Waals surface area (Å²) in [6.45, 7) is 2.69. The van der Waals surface area contributed by atoms with Gasteiger partial charge in [0.05, 0.1) is 13.0 Å². The second kappa shape index (κ2) is 6.57. The van der Waals surface area contributed by atoms with E-state index in [9.17, 15) is 0 Å². The normalized spacial score (nSPS) is 10.4. The highest BCUT2D eigenvalue weighted by atomic mass is 35.5. The zero-order valence-electron chi connectivity index (χ0n) is 11.9. The van der Waals surface area contributed by atoms with Crippen LogP contribution in [0.1, 0.15) is 16.8 Å². The van der Waals surface area contributed by atoms with Crippen molar-refractivity contribution >= 4 is 17.5 Å². The van der Waals surface area contributed by atoms with E-state index < -0.39 is 0 Å². The number of anilines is 1. The lowest BCUT2D eigenvalue weighted by molar-refractivity contribution is 0.414. The third-order valence-electron chi connectivity index (χ3n) is 3.13. The number of alkyl halides is 1. The summed E-state index contributed by atoms with van der Waals surface area (Å²) < 4.78 is 5.15. The van der Waals surface area contributed by atoms with E-state index in [2.05, 4.69) is 9.97 Å². The van der Waals surface area contributed by atoms with Crippen molar-refractivity contribution in [1.29, 1.82) is 0 Å². The standard InChI is InChI=1S/C15H18ClN3O/c1-11-13(8-16)9-17-15(18-11)19(2)10-12-4-6-14(20-3)7-5-12/h4-7,9H,8,10H2,1-3H3. The number of hydrogen-bond acceptors (Lipinski definition) is 4. The van der Waals surface area contributed by atoms with Crippen molar-refractivity contribution in [2.24, 2.45) is 0 Å². The van der Waals surface area contributed by atoms with E-state index in [-0.39, 0.29) is 0 Å². The van der Waals surface area contributed by atoms with Crippen molar-refractivity contribution in [1.82, 2.24) is 9.97 Å². The Morgan fingerprint density at radius 1 is 1.25 bits per heavy atom. The van der Waals surface area contributed by atoms with E-state index in [0.29, 0.717) is 11.8 Å². The van der Waals surface area contributed by atoms with Gasteiger partial charge in [-0.3, -0.25) is 0 Å². The molecule has 0 bridgehead atoms. The Morgan fingerprint density at radius 3 is 2.50 bits per heavy atom. The molecule has 0 N–H and O–H groups in total. The van der Waals surface area contributed by atoms with Crippen molar-refractivity contribution in [2.75, 3.05) is 19.1 Å². The summed E-state index contributed by atoms with van der Waals surface area (Å²) in [5, 5.41) is 0. The van der Waals surface area contributed by atoms with Crippen molar-refractivity contribution in [3.8, 4) is 5.75 Å². The SMILES string of the molecule is COc1ccc(CN(C)c2ncc(CCl)c(C)n2)cc1. The number of aryl methyl sites for hydroxylation is 1. The molecule has 20 heavy (non-hydrogen) atoms. The topological polar surface area (TPSA) is 38.2 Å². The monoisotopic (exact) mass is 291 g/mol. The molecule has 5 heteroatoms. The largest absolute Gasteiger partial charge is 0.497 e. The van der Waals surface area contributed by atoms with Gasteiger partial charge in [0, 0.05) is 31.0 Å². The second-order valence-electron chi connectivity index (χ2n) is 4.62. The van der Waals surface area contributed by atoms with Crippen molar-refractivity contribution in [3.63, 3.8) is 0 Å². The first kappa shape index (κ1) is 14.6. The molecule has 4 nitrogen and oxygen atoms in total. The van der Waals surface area contributed by atoms with Crippen LogP contribution < -0.4 is 9.64 Å². The van der Waals surface area contributed by atoms with Gasteiger partial charge in [-0.1, -0.05) is 12.1 Å². The summed E-state index contributed by atoms with van der Waals surface area (Å²) >= 11 is 5.82. The minimum Gasteiger partial charge on any atom is -0.497 e. The predicted molar refractivity (Wildman–Crippen MR) is 81.4 cm³/mol. The van der Waals surface area contributed by atoms with Crippen LogP contribution >= 0.6 is 11.6 Å². The van der Waals surface area contributed by atoms with Gasteiger partial charge in [-0.05, 0) is 24.6 Å². The molecule has 0 aliphatic heterocycles. The zero-order valence-corrected chi connectivity index (χ0v) is 12.7. The first-order valence-electron chi connectivity index (χ1n) is 6.36. The first-order valence-corrected chi connectivity index (χ1v) is 6.90. The summed E-state index contributed by atoms with van der Waals surface area (Å²) in [4.78, 5) is 10.8. The first-order chi connectivity index (χ1) is 9.63. The molecular weight excluding hydrogens is 274 g/mol. The maximum Gasteiger partial charge on any atom is 0.225 e. The van der Waals surface area contributed by atoms with Crippen LogP contribution in [0.15, 0.2) is 30.5 Å². The quantitative estimate of drug-likeness (QED) is 0.793. The summed E-state index contributed by atoms with van der Waals surface area (Å²) in [5.74, 6) is 2.00. The van der Waals surface area contributed by atoms with Crippen LogP contribution in [-0.2, 0) is 12.4 Å². The molecular formula is C15H18ClN3O. The average Bonchev–Trinajstić information content (AvgIpc) is 2.48. The molecule has 0 amide bonds. The number of hydrogen-bond donors (Lipinski definition) is 0. The van der Waals surface area contributed by atoms with Crippen LogP contribution in [0.4, 0.5) is 5.95 Å². The number of ether oxygens (including phenoxy) is 1. The molecule has 2 rings (SSSR count). The van der Waals surface area contributed by atoms with Gasteiger partial charge in [0.1, 0.15) is 5.75 Å². The molecule has 0 unspecified atom stereocenters. The Kier molecular flexibility index (Phi) is 4.79. The Morgan fingerprint density at radius 2 is 1.95 bits per heavy atom. The number of methoxy groups -OCH3 is 1. The molecule has 106 valence electrons. The van der Waals surface area contributed by atoms with Crippen LogP contribution in [0, 0.1) is 6.92 Å².